The van der Waals surface area contributed by atoms with E-state index < -0.39 is 0 Å². The molecular formula is C15H21N3O2. The molecule has 0 bridgehead atoms. The molecule has 108 valence electrons. The van der Waals surface area contributed by atoms with Crippen molar-refractivity contribution in [2.24, 2.45) is 5.10 Å². The molecule has 0 aliphatic carbocycles. The topological polar surface area (TPSA) is 70.6 Å². The molecule has 5 heteroatoms. The third-order valence-electron chi connectivity index (χ3n) is 2.60. The summed E-state index contributed by atoms with van der Waals surface area (Å²) in [4.78, 5) is 23.1. The number of anilines is 1. The lowest BCUT2D eigenvalue weighted by Crippen LogP contribution is -2.21. The first kappa shape index (κ1) is 15.9. The van der Waals surface area contributed by atoms with Crippen LogP contribution in [0, 0.1) is 0 Å². The van der Waals surface area contributed by atoms with Crippen LogP contribution in [0.4, 0.5) is 5.69 Å². The lowest BCUT2D eigenvalue weighted by Gasteiger charge is -2.05. The molecule has 0 aliphatic heterocycles. The minimum Gasteiger partial charge on any atom is -0.326 e. The summed E-state index contributed by atoms with van der Waals surface area (Å²) in [7, 11) is 0. The van der Waals surface area contributed by atoms with Gasteiger partial charge in [0.2, 0.25) is 11.8 Å². The number of hydrogen-bond acceptors (Lipinski definition) is 3. The molecule has 0 saturated heterocycles. The van der Waals surface area contributed by atoms with Crippen LogP contribution in [0.15, 0.2) is 35.4 Å². The Morgan fingerprint density at radius 3 is 2.50 bits per heavy atom. The van der Waals surface area contributed by atoms with Crippen molar-refractivity contribution in [3.05, 3.63) is 30.3 Å². The highest BCUT2D eigenvalue weighted by atomic mass is 16.2. The van der Waals surface area contributed by atoms with Crippen molar-refractivity contribution in [2.75, 3.05) is 5.32 Å². The molecule has 2 amide bonds. The molecule has 20 heavy (non-hydrogen) atoms. The quantitative estimate of drug-likeness (QED) is 0.593. The van der Waals surface area contributed by atoms with Crippen LogP contribution in [0.25, 0.3) is 0 Å². The number of carbonyl (C=O) groups is 2. The van der Waals surface area contributed by atoms with Gasteiger partial charge < -0.3 is 5.32 Å². The van der Waals surface area contributed by atoms with Gasteiger partial charge in [0.1, 0.15) is 0 Å². The first-order valence-electron chi connectivity index (χ1n) is 6.78. The maximum Gasteiger partial charge on any atom is 0.240 e. The fourth-order valence-corrected chi connectivity index (χ4v) is 1.55. The minimum absolute atomic E-state index is 0.116. The number of rotatable bonds is 7. The average Bonchev–Trinajstić information content (AvgIpc) is 2.43. The van der Waals surface area contributed by atoms with E-state index in [1.165, 1.54) is 0 Å². The molecule has 0 radical (unpaired) electrons. The van der Waals surface area contributed by atoms with Gasteiger partial charge in [-0.25, -0.2) is 5.43 Å². The van der Waals surface area contributed by atoms with Crippen molar-refractivity contribution < 1.29 is 9.59 Å². The van der Waals surface area contributed by atoms with E-state index in [1.54, 1.807) is 6.92 Å². The Labute approximate surface area is 119 Å². The highest BCUT2D eigenvalue weighted by Crippen LogP contribution is 2.05. The molecular weight excluding hydrogens is 254 g/mol. The highest BCUT2D eigenvalue weighted by molar-refractivity contribution is 6.05. The predicted octanol–water partition coefficient (Wildman–Crippen LogP) is 2.70. The van der Waals surface area contributed by atoms with Crippen LogP contribution in [-0.4, -0.2) is 17.5 Å². The summed E-state index contributed by atoms with van der Waals surface area (Å²) in [5, 5.41) is 6.68. The van der Waals surface area contributed by atoms with Gasteiger partial charge in [-0.2, -0.15) is 5.10 Å². The van der Waals surface area contributed by atoms with Crippen molar-refractivity contribution in [2.45, 2.75) is 39.5 Å². The fourth-order valence-electron chi connectivity index (χ4n) is 1.55. The first-order valence-corrected chi connectivity index (χ1v) is 6.78. The van der Waals surface area contributed by atoms with Gasteiger partial charge in [0.15, 0.2) is 0 Å². The van der Waals surface area contributed by atoms with Crippen LogP contribution in [-0.2, 0) is 9.59 Å². The van der Waals surface area contributed by atoms with Crippen LogP contribution in [0.2, 0.25) is 0 Å². The maximum atomic E-state index is 11.7. The summed E-state index contributed by atoms with van der Waals surface area (Å²) in [6, 6.07) is 9.22. The summed E-state index contributed by atoms with van der Waals surface area (Å²) in [6.07, 6.45) is 2.43. The lowest BCUT2D eigenvalue weighted by atomic mass is 10.2. The summed E-state index contributed by atoms with van der Waals surface area (Å²) in [5.74, 6) is -0.269. The second kappa shape index (κ2) is 8.85. The number of carbonyl (C=O) groups excluding carboxylic acids is 2. The number of hydrazone groups is 1. The Morgan fingerprint density at radius 1 is 1.15 bits per heavy atom. The molecule has 1 aromatic rings. The van der Waals surface area contributed by atoms with Crippen molar-refractivity contribution in [1.29, 1.82) is 0 Å². The fraction of sp³-hybridized carbons (Fsp3) is 0.400. The van der Waals surface area contributed by atoms with E-state index in [2.05, 4.69) is 15.8 Å². The molecule has 0 aliphatic rings. The zero-order valence-corrected chi connectivity index (χ0v) is 12.0. The number of nitrogens with zero attached hydrogens (tertiary/aromatic N) is 1. The van der Waals surface area contributed by atoms with E-state index in [-0.39, 0.29) is 18.2 Å². The monoisotopic (exact) mass is 275 g/mol. The summed E-state index contributed by atoms with van der Waals surface area (Å²) in [5.41, 5.74) is 3.78. The normalized spacial score (nSPS) is 11.0. The molecule has 2 N–H and O–H groups in total. The van der Waals surface area contributed by atoms with Gasteiger partial charge in [0.05, 0.1) is 6.42 Å². The highest BCUT2D eigenvalue weighted by Gasteiger charge is 2.05. The zero-order chi connectivity index (χ0) is 14.8. The van der Waals surface area contributed by atoms with Crippen molar-refractivity contribution in [3.63, 3.8) is 0 Å². The van der Waals surface area contributed by atoms with Crippen LogP contribution < -0.4 is 10.7 Å². The Hall–Kier alpha value is -2.17. The lowest BCUT2D eigenvalue weighted by molar-refractivity contribution is -0.121. The molecule has 0 aromatic heterocycles. The van der Waals surface area contributed by atoms with Crippen LogP contribution >= 0.6 is 0 Å². The number of amides is 2. The average molecular weight is 275 g/mol. The number of para-hydroxylation sites is 1. The number of hydrogen-bond donors (Lipinski definition) is 2. The number of benzene rings is 1. The van der Waals surface area contributed by atoms with Crippen molar-refractivity contribution in [1.82, 2.24) is 5.43 Å². The molecule has 0 fully saturated rings. The van der Waals surface area contributed by atoms with Gasteiger partial charge in [-0.05, 0) is 25.5 Å². The van der Waals surface area contributed by atoms with Gasteiger partial charge in [0, 0.05) is 17.8 Å². The van der Waals surface area contributed by atoms with E-state index >= 15 is 0 Å². The number of nitrogens with one attached hydrogen (secondary N) is 2. The number of unbranched alkanes of at least 4 members (excludes halogenated alkanes) is 1. The van der Waals surface area contributed by atoms with Crippen molar-refractivity contribution in [3.8, 4) is 0 Å². The molecule has 5 nitrogen and oxygen atoms in total. The standard InChI is InChI=1S/C15H21N3O2/c1-3-4-10-14(19)18-17-12(2)11-15(20)16-13-8-6-5-7-9-13/h5-9H,3-4,10-11H2,1-2H3,(H,16,20)(H,18,19)/b17-12+. The third-order valence-corrected chi connectivity index (χ3v) is 2.60. The van der Waals surface area contributed by atoms with E-state index in [4.69, 9.17) is 0 Å². The van der Waals surface area contributed by atoms with Crippen molar-refractivity contribution >= 4 is 23.2 Å². The van der Waals surface area contributed by atoms with Gasteiger partial charge in [0.25, 0.3) is 0 Å². The SMILES string of the molecule is CCCCC(=O)N/N=C(\C)CC(=O)Nc1ccccc1. The van der Waals surface area contributed by atoms with Gasteiger partial charge in [-0.15, -0.1) is 0 Å². The Bertz CT molecular complexity index is 469. The van der Waals surface area contributed by atoms with Crippen LogP contribution in [0.1, 0.15) is 39.5 Å². The first-order chi connectivity index (χ1) is 9.61. The van der Waals surface area contributed by atoms with E-state index in [1.807, 2.05) is 37.3 Å². The molecule has 1 aromatic carbocycles. The molecule has 0 spiro atoms. The van der Waals surface area contributed by atoms with E-state index in [0.717, 1.165) is 18.5 Å². The third kappa shape index (κ3) is 6.68. The largest absolute Gasteiger partial charge is 0.326 e. The van der Waals surface area contributed by atoms with E-state index in [0.29, 0.717) is 12.1 Å². The summed E-state index contributed by atoms with van der Waals surface area (Å²) >= 11 is 0. The molecule has 1 rings (SSSR count). The second-order valence-corrected chi connectivity index (χ2v) is 4.58. The minimum atomic E-state index is -0.153. The Balaban J connectivity index is 2.35. The zero-order valence-electron chi connectivity index (χ0n) is 12.0. The van der Waals surface area contributed by atoms with Crippen LogP contribution in [0.3, 0.4) is 0 Å². The summed E-state index contributed by atoms with van der Waals surface area (Å²) < 4.78 is 0. The predicted molar refractivity (Wildman–Crippen MR) is 80.5 cm³/mol. The smallest absolute Gasteiger partial charge is 0.240 e. The Kier molecular flexibility index (Phi) is 7.03. The van der Waals surface area contributed by atoms with Crippen LogP contribution in [0.5, 0.6) is 0 Å². The molecule has 0 saturated carbocycles. The second-order valence-electron chi connectivity index (χ2n) is 4.58. The molecule has 0 unspecified atom stereocenters. The molecule has 0 heterocycles. The molecule has 0 atom stereocenters. The van der Waals surface area contributed by atoms with E-state index in [9.17, 15) is 9.59 Å². The maximum absolute atomic E-state index is 11.7. The van der Waals surface area contributed by atoms with Gasteiger partial charge in [-0.1, -0.05) is 31.5 Å². The Morgan fingerprint density at radius 2 is 1.85 bits per heavy atom. The van der Waals surface area contributed by atoms with Gasteiger partial charge >= 0.3 is 0 Å². The summed E-state index contributed by atoms with van der Waals surface area (Å²) in [6.45, 7) is 3.74. The van der Waals surface area contributed by atoms with Gasteiger partial charge in [-0.3, -0.25) is 9.59 Å².